The quantitative estimate of drug-likeness (QED) is 0.559. The molecule has 32 heavy (non-hydrogen) atoms. The van der Waals surface area contributed by atoms with Crippen molar-refractivity contribution in [1.29, 1.82) is 0 Å². The lowest BCUT2D eigenvalue weighted by atomic mass is 10.0. The first kappa shape index (κ1) is 22.1. The van der Waals surface area contributed by atoms with E-state index in [2.05, 4.69) is 40.2 Å². The van der Waals surface area contributed by atoms with E-state index >= 15 is 0 Å². The molecule has 0 unspecified atom stereocenters. The van der Waals surface area contributed by atoms with Crippen LogP contribution in [0.3, 0.4) is 0 Å². The second-order valence-corrected chi connectivity index (χ2v) is 8.42. The van der Waals surface area contributed by atoms with Gasteiger partial charge in [-0.1, -0.05) is 60.1 Å². The van der Waals surface area contributed by atoms with Crippen molar-refractivity contribution in [2.75, 3.05) is 42.9 Å². The number of nitrogens with one attached hydrogen (secondary N) is 1. The van der Waals surface area contributed by atoms with E-state index in [-0.39, 0.29) is 18.2 Å². The zero-order valence-electron chi connectivity index (χ0n) is 18.1. The van der Waals surface area contributed by atoms with Crippen molar-refractivity contribution < 1.29 is 9.59 Å². The number of aryl methyl sites for hydroxylation is 1. The van der Waals surface area contributed by atoms with E-state index in [1.54, 1.807) is 30.3 Å². The van der Waals surface area contributed by atoms with E-state index in [4.69, 9.17) is 11.6 Å². The third-order valence-electron chi connectivity index (χ3n) is 5.73. The van der Waals surface area contributed by atoms with E-state index in [1.165, 1.54) is 11.3 Å². The summed E-state index contributed by atoms with van der Waals surface area (Å²) in [6.07, 6.45) is 0. The van der Waals surface area contributed by atoms with Crippen LogP contribution in [0.4, 0.5) is 11.4 Å². The topological polar surface area (TPSA) is 52.6 Å². The number of hydrogen-bond acceptors (Lipinski definition) is 4. The molecule has 0 radical (unpaired) electrons. The van der Waals surface area contributed by atoms with Gasteiger partial charge in [-0.15, -0.1) is 0 Å². The first-order valence-corrected chi connectivity index (χ1v) is 11.1. The largest absolute Gasteiger partial charge is 0.369 e. The zero-order chi connectivity index (χ0) is 22.5. The van der Waals surface area contributed by atoms with Gasteiger partial charge < -0.3 is 10.2 Å². The van der Waals surface area contributed by atoms with Crippen LogP contribution in [0.2, 0.25) is 5.02 Å². The van der Waals surface area contributed by atoms with Crippen LogP contribution in [-0.2, 0) is 4.79 Å². The molecule has 0 aromatic heterocycles. The summed E-state index contributed by atoms with van der Waals surface area (Å²) >= 11 is 6.14. The Labute approximate surface area is 193 Å². The number of carbonyl (C=O) groups is 2. The van der Waals surface area contributed by atoms with Gasteiger partial charge in [0.25, 0.3) is 0 Å². The number of anilines is 2. The summed E-state index contributed by atoms with van der Waals surface area (Å²) in [4.78, 5) is 30.2. The lowest BCUT2D eigenvalue weighted by molar-refractivity contribution is -0.117. The van der Waals surface area contributed by atoms with E-state index in [0.717, 1.165) is 26.2 Å². The molecule has 1 amide bonds. The smallest absolute Gasteiger partial charge is 0.238 e. The number of carbonyl (C=O) groups excluding carboxylic acids is 2. The van der Waals surface area contributed by atoms with Gasteiger partial charge in [0.15, 0.2) is 5.78 Å². The average molecular weight is 448 g/mol. The van der Waals surface area contributed by atoms with Crippen LogP contribution in [0.1, 0.15) is 21.5 Å². The Morgan fingerprint density at radius 2 is 1.59 bits per heavy atom. The van der Waals surface area contributed by atoms with Crippen LogP contribution in [0.5, 0.6) is 0 Å². The Hall–Kier alpha value is -3.15. The van der Waals surface area contributed by atoms with Crippen LogP contribution < -0.4 is 10.2 Å². The molecule has 0 spiro atoms. The fourth-order valence-electron chi connectivity index (χ4n) is 4.02. The Bertz CT molecular complexity index is 1110. The number of halogens is 1. The predicted octanol–water partition coefficient (Wildman–Crippen LogP) is 4.64. The molecule has 0 atom stereocenters. The lowest BCUT2D eigenvalue weighted by Gasteiger charge is -2.36. The van der Waals surface area contributed by atoms with E-state index in [9.17, 15) is 9.59 Å². The van der Waals surface area contributed by atoms with Gasteiger partial charge >= 0.3 is 0 Å². The maximum atomic E-state index is 13.0. The van der Waals surface area contributed by atoms with Crippen molar-refractivity contribution >= 4 is 34.7 Å². The molecule has 5 nitrogen and oxygen atoms in total. The monoisotopic (exact) mass is 447 g/mol. The van der Waals surface area contributed by atoms with E-state index in [1.807, 2.05) is 24.3 Å². The molecule has 1 aliphatic rings. The van der Waals surface area contributed by atoms with Crippen molar-refractivity contribution in [3.8, 4) is 0 Å². The average Bonchev–Trinajstić information content (AvgIpc) is 2.81. The number of rotatable bonds is 6. The van der Waals surface area contributed by atoms with Crippen molar-refractivity contribution in [3.63, 3.8) is 0 Å². The number of nitrogens with zero attached hydrogens (tertiary/aromatic N) is 2. The molecule has 1 saturated heterocycles. The minimum absolute atomic E-state index is 0.140. The SMILES string of the molecule is Cc1ccccc1N1CCN(CC(=O)Nc2ccc(Cl)cc2C(=O)c2ccccc2)CC1. The van der Waals surface area contributed by atoms with Gasteiger partial charge in [0.05, 0.1) is 12.2 Å². The Kier molecular flexibility index (Phi) is 6.88. The fourth-order valence-corrected chi connectivity index (χ4v) is 4.19. The number of benzene rings is 3. The van der Waals surface area contributed by atoms with Crippen LogP contribution in [0.15, 0.2) is 72.8 Å². The normalized spacial score (nSPS) is 14.2. The van der Waals surface area contributed by atoms with E-state index in [0.29, 0.717) is 21.8 Å². The summed E-state index contributed by atoms with van der Waals surface area (Å²) in [6.45, 7) is 5.75. The number of piperazine rings is 1. The van der Waals surface area contributed by atoms with Gasteiger partial charge in [-0.2, -0.15) is 0 Å². The highest BCUT2D eigenvalue weighted by molar-refractivity contribution is 6.31. The molecule has 3 aromatic carbocycles. The fraction of sp³-hybridized carbons (Fsp3) is 0.231. The van der Waals surface area contributed by atoms with Gasteiger partial charge in [-0.3, -0.25) is 14.5 Å². The molecule has 1 fully saturated rings. The highest BCUT2D eigenvalue weighted by Crippen LogP contribution is 2.24. The third-order valence-corrected chi connectivity index (χ3v) is 5.97. The number of para-hydroxylation sites is 1. The number of amides is 1. The molecular weight excluding hydrogens is 422 g/mol. The molecule has 1 N–H and O–H groups in total. The summed E-state index contributed by atoms with van der Waals surface area (Å²) in [6, 6.07) is 22.3. The number of hydrogen-bond donors (Lipinski definition) is 1. The van der Waals surface area contributed by atoms with Crippen LogP contribution in [0.25, 0.3) is 0 Å². The summed E-state index contributed by atoms with van der Waals surface area (Å²) < 4.78 is 0. The van der Waals surface area contributed by atoms with Crippen LogP contribution >= 0.6 is 11.6 Å². The van der Waals surface area contributed by atoms with Gasteiger partial charge in [0.1, 0.15) is 0 Å². The maximum absolute atomic E-state index is 13.0. The minimum Gasteiger partial charge on any atom is -0.369 e. The molecule has 1 heterocycles. The molecule has 3 aromatic rings. The van der Waals surface area contributed by atoms with Crippen LogP contribution in [0, 0.1) is 6.92 Å². The Balaban J connectivity index is 1.39. The summed E-state index contributed by atoms with van der Waals surface area (Å²) in [5.74, 6) is -0.311. The maximum Gasteiger partial charge on any atom is 0.238 e. The van der Waals surface area contributed by atoms with Crippen molar-refractivity contribution in [2.24, 2.45) is 0 Å². The molecule has 0 bridgehead atoms. The Morgan fingerprint density at radius 3 is 2.31 bits per heavy atom. The predicted molar refractivity (Wildman–Crippen MR) is 130 cm³/mol. The highest BCUT2D eigenvalue weighted by atomic mass is 35.5. The van der Waals surface area contributed by atoms with Gasteiger partial charge in [-0.05, 0) is 36.8 Å². The summed E-state index contributed by atoms with van der Waals surface area (Å²) in [7, 11) is 0. The minimum atomic E-state index is -0.171. The lowest BCUT2D eigenvalue weighted by Crippen LogP contribution is -2.48. The molecule has 4 rings (SSSR count). The van der Waals surface area contributed by atoms with Crippen LogP contribution in [-0.4, -0.2) is 49.3 Å². The zero-order valence-corrected chi connectivity index (χ0v) is 18.8. The summed E-state index contributed by atoms with van der Waals surface area (Å²) in [5, 5.41) is 3.37. The first-order valence-electron chi connectivity index (χ1n) is 10.7. The van der Waals surface area contributed by atoms with Crippen molar-refractivity contribution in [1.82, 2.24) is 4.90 Å². The molecule has 164 valence electrons. The third kappa shape index (κ3) is 5.18. The van der Waals surface area contributed by atoms with Gasteiger partial charge in [-0.25, -0.2) is 0 Å². The Morgan fingerprint density at radius 1 is 0.906 bits per heavy atom. The summed E-state index contributed by atoms with van der Waals surface area (Å²) in [5.41, 5.74) is 3.93. The first-order chi connectivity index (χ1) is 15.5. The standard InChI is InChI=1S/C26H26ClN3O2/c1-19-7-5-6-10-24(19)30-15-13-29(14-16-30)18-25(31)28-23-12-11-21(27)17-22(23)26(32)20-8-3-2-4-9-20/h2-12,17H,13-16,18H2,1H3,(H,28,31). The van der Waals surface area contributed by atoms with E-state index < -0.39 is 0 Å². The second kappa shape index (κ2) is 9.98. The molecule has 1 aliphatic heterocycles. The highest BCUT2D eigenvalue weighted by Gasteiger charge is 2.21. The van der Waals surface area contributed by atoms with Crippen molar-refractivity contribution in [2.45, 2.75) is 6.92 Å². The number of ketones is 1. The van der Waals surface area contributed by atoms with Gasteiger partial charge in [0, 0.05) is 48.0 Å². The van der Waals surface area contributed by atoms with Gasteiger partial charge in [0.2, 0.25) is 5.91 Å². The molecular formula is C26H26ClN3O2. The second-order valence-electron chi connectivity index (χ2n) is 7.98. The molecule has 0 saturated carbocycles. The van der Waals surface area contributed by atoms with Crippen molar-refractivity contribution in [3.05, 3.63) is 94.5 Å². The molecule has 0 aliphatic carbocycles. The molecule has 6 heteroatoms.